The van der Waals surface area contributed by atoms with Crippen LogP contribution in [0.3, 0.4) is 0 Å². The van der Waals surface area contributed by atoms with Gasteiger partial charge < -0.3 is 20.5 Å². The van der Waals surface area contributed by atoms with Crippen molar-refractivity contribution in [2.24, 2.45) is 5.73 Å². The summed E-state index contributed by atoms with van der Waals surface area (Å²) < 4.78 is 10.2. The minimum absolute atomic E-state index is 0.0105. The van der Waals surface area contributed by atoms with Gasteiger partial charge in [-0.3, -0.25) is 4.79 Å². The van der Waals surface area contributed by atoms with Gasteiger partial charge in [0.25, 0.3) is 0 Å². The zero-order valence-corrected chi connectivity index (χ0v) is 12.4. The zero-order valence-electron chi connectivity index (χ0n) is 12.4. The van der Waals surface area contributed by atoms with E-state index in [1.165, 1.54) is 0 Å². The van der Waals surface area contributed by atoms with E-state index in [9.17, 15) is 4.79 Å². The first kappa shape index (κ1) is 16.5. The number of benzene rings is 1. The van der Waals surface area contributed by atoms with Gasteiger partial charge in [-0.15, -0.1) is 0 Å². The molecule has 0 aliphatic carbocycles. The first-order valence-electron chi connectivity index (χ1n) is 6.80. The molecule has 1 amide bonds. The highest BCUT2D eigenvalue weighted by molar-refractivity contribution is 5.77. The smallest absolute Gasteiger partial charge is 0.223 e. The number of ether oxygens (including phenoxy) is 2. The van der Waals surface area contributed by atoms with Gasteiger partial charge in [-0.2, -0.15) is 0 Å². The molecule has 3 N–H and O–H groups in total. The molecule has 20 heavy (non-hydrogen) atoms. The van der Waals surface area contributed by atoms with E-state index in [1.807, 2.05) is 31.2 Å². The van der Waals surface area contributed by atoms with Crippen LogP contribution in [0.1, 0.15) is 31.4 Å². The summed E-state index contributed by atoms with van der Waals surface area (Å²) in [5.74, 6) is 0.752. The Labute approximate surface area is 120 Å². The molecular formula is C15H24N2O3. The highest BCUT2D eigenvalue weighted by Crippen LogP contribution is 2.20. The molecule has 2 unspecified atom stereocenters. The SMILES string of the molecule is CCC(NC(=O)CC(CN)OC)c1ccc(OC)cc1. The van der Waals surface area contributed by atoms with Gasteiger partial charge in [-0.05, 0) is 24.1 Å². The molecule has 2 atom stereocenters. The number of amides is 1. The Morgan fingerprint density at radius 2 is 1.95 bits per heavy atom. The average Bonchev–Trinajstić information content (AvgIpc) is 2.50. The molecule has 0 bridgehead atoms. The molecule has 0 saturated carbocycles. The Bertz CT molecular complexity index is 402. The number of hydrogen-bond acceptors (Lipinski definition) is 4. The standard InChI is InChI=1S/C15H24N2O3/c1-4-14(11-5-7-12(19-2)8-6-11)17-15(18)9-13(10-16)20-3/h5-8,13-14H,4,9-10,16H2,1-3H3,(H,17,18). The third kappa shape index (κ3) is 4.83. The van der Waals surface area contributed by atoms with Gasteiger partial charge in [0, 0.05) is 13.7 Å². The number of nitrogens with two attached hydrogens (primary N) is 1. The first-order chi connectivity index (χ1) is 9.64. The summed E-state index contributed by atoms with van der Waals surface area (Å²) in [7, 11) is 3.19. The van der Waals surface area contributed by atoms with Gasteiger partial charge >= 0.3 is 0 Å². The number of hydrogen-bond donors (Lipinski definition) is 2. The van der Waals surface area contributed by atoms with Crippen LogP contribution in [-0.2, 0) is 9.53 Å². The van der Waals surface area contributed by atoms with Crippen LogP contribution in [0.2, 0.25) is 0 Å². The van der Waals surface area contributed by atoms with Gasteiger partial charge in [0.1, 0.15) is 5.75 Å². The largest absolute Gasteiger partial charge is 0.497 e. The van der Waals surface area contributed by atoms with E-state index in [1.54, 1.807) is 14.2 Å². The van der Waals surface area contributed by atoms with Crippen LogP contribution in [-0.4, -0.2) is 32.8 Å². The van der Waals surface area contributed by atoms with Crippen molar-refractivity contribution < 1.29 is 14.3 Å². The van der Waals surface area contributed by atoms with E-state index < -0.39 is 0 Å². The Morgan fingerprint density at radius 1 is 1.30 bits per heavy atom. The maximum Gasteiger partial charge on any atom is 0.223 e. The molecule has 0 heterocycles. The lowest BCUT2D eigenvalue weighted by atomic mass is 10.0. The fraction of sp³-hybridized carbons (Fsp3) is 0.533. The molecular weight excluding hydrogens is 256 g/mol. The summed E-state index contributed by atoms with van der Waals surface area (Å²) in [6.45, 7) is 2.37. The van der Waals surface area contributed by atoms with Gasteiger partial charge in [0.05, 0.1) is 25.7 Å². The molecule has 0 saturated heterocycles. The fourth-order valence-corrected chi connectivity index (χ4v) is 1.98. The minimum atomic E-state index is -0.233. The van der Waals surface area contributed by atoms with Crippen molar-refractivity contribution in [1.29, 1.82) is 0 Å². The maximum absolute atomic E-state index is 12.0. The highest BCUT2D eigenvalue weighted by atomic mass is 16.5. The summed E-state index contributed by atoms with van der Waals surface area (Å²) in [6, 6.07) is 7.70. The number of carbonyl (C=O) groups excluding carboxylic acids is 1. The van der Waals surface area contributed by atoms with E-state index in [-0.39, 0.29) is 24.5 Å². The lowest BCUT2D eigenvalue weighted by Crippen LogP contribution is -2.34. The summed E-state index contributed by atoms with van der Waals surface area (Å²) >= 11 is 0. The minimum Gasteiger partial charge on any atom is -0.497 e. The molecule has 0 aliphatic heterocycles. The van der Waals surface area contributed by atoms with Crippen LogP contribution in [0.4, 0.5) is 0 Å². The Hall–Kier alpha value is -1.59. The molecule has 0 fully saturated rings. The molecule has 0 aliphatic rings. The molecule has 112 valence electrons. The third-order valence-corrected chi connectivity index (χ3v) is 3.27. The molecule has 0 aromatic heterocycles. The van der Waals surface area contributed by atoms with E-state index in [4.69, 9.17) is 15.2 Å². The zero-order chi connectivity index (χ0) is 15.0. The summed E-state index contributed by atoms with van der Waals surface area (Å²) in [5.41, 5.74) is 6.58. The van der Waals surface area contributed by atoms with E-state index >= 15 is 0 Å². The second-order valence-corrected chi connectivity index (χ2v) is 4.60. The number of nitrogens with one attached hydrogen (secondary N) is 1. The van der Waals surface area contributed by atoms with E-state index in [2.05, 4.69) is 5.32 Å². The quantitative estimate of drug-likeness (QED) is 0.759. The molecule has 0 spiro atoms. The predicted molar refractivity (Wildman–Crippen MR) is 78.6 cm³/mol. The van der Waals surface area contributed by atoms with Crippen LogP contribution in [0.5, 0.6) is 5.75 Å². The van der Waals surface area contributed by atoms with Crippen LogP contribution < -0.4 is 15.8 Å². The second-order valence-electron chi connectivity index (χ2n) is 4.60. The van der Waals surface area contributed by atoms with Crippen LogP contribution >= 0.6 is 0 Å². The number of methoxy groups -OCH3 is 2. The van der Waals surface area contributed by atoms with Crippen molar-refractivity contribution in [3.05, 3.63) is 29.8 Å². The van der Waals surface area contributed by atoms with Gasteiger partial charge in [0.2, 0.25) is 5.91 Å². The Morgan fingerprint density at radius 3 is 2.40 bits per heavy atom. The summed E-state index contributed by atoms with van der Waals surface area (Å²) in [4.78, 5) is 12.0. The lowest BCUT2D eigenvalue weighted by Gasteiger charge is -2.19. The van der Waals surface area contributed by atoms with Gasteiger partial charge in [0.15, 0.2) is 0 Å². The molecule has 0 radical (unpaired) electrons. The average molecular weight is 280 g/mol. The first-order valence-corrected chi connectivity index (χ1v) is 6.80. The normalized spacial score (nSPS) is 13.6. The van der Waals surface area contributed by atoms with Crippen molar-refractivity contribution in [2.75, 3.05) is 20.8 Å². The van der Waals surface area contributed by atoms with Gasteiger partial charge in [-0.25, -0.2) is 0 Å². The summed E-state index contributed by atoms with van der Waals surface area (Å²) in [6.07, 6.45) is 0.862. The Balaban J connectivity index is 2.63. The maximum atomic E-state index is 12.0. The summed E-state index contributed by atoms with van der Waals surface area (Å²) in [5, 5.41) is 3.00. The number of carbonyl (C=O) groups is 1. The Kier molecular flexibility index (Phi) is 7.04. The molecule has 1 rings (SSSR count). The highest BCUT2D eigenvalue weighted by Gasteiger charge is 2.16. The molecule has 1 aromatic rings. The number of rotatable bonds is 8. The monoisotopic (exact) mass is 280 g/mol. The fourth-order valence-electron chi connectivity index (χ4n) is 1.98. The van der Waals surface area contributed by atoms with Gasteiger partial charge in [-0.1, -0.05) is 19.1 Å². The van der Waals surface area contributed by atoms with Crippen molar-refractivity contribution in [1.82, 2.24) is 5.32 Å². The molecule has 5 nitrogen and oxygen atoms in total. The van der Waals surface area contributed by atoms with Crippen molar-refractivity contribution in [3.63, 3.8) is 0 Å². The van der Waals surface area contributed by atoms with Crippen LogP contribution in [0, 0.1) is 0 Å². The third-order valence-electron chi connectivity index (χ3n) is 3.27. The predicted octanol–water partition coefficient (Wildman–Crippen LogP) is 1.63. The van der Waals surface area contributed by atoms with Crippen LogP contribution in [0.25, 0.3) is 0 Å². The van der Waals surface area contributed by atoms with Crippen molar-refractivity contribution in [2.45, 2.75) is 31.9 Å². The van der Waals surface area contributed by atoms with Crippen molar-refractivity contribution in [3.8, 4) is 5.75 Å². The van der Waals surface area contributed by atoms with Crippen molar-refractivity contribution >= 4 is 5.91 Å². The second kappa shape index (κ2) is 8.55. The van der Waals surface area contributed by atoms with E-state index in [0.29, 0.717) is 6.54 Å². The topological polar surface area (TPSA) is 73.6 Å². The lowest BCUT2D eigenvalue weighted by molar-refractivity contribution is -0.124. The molecule has 1 aromatic carbocycles. The van der Waals surface area contributed by atoms with Crippen LogP contribution in [0.15, 0.2) is 24.3 Å². The molecule has 5 heteroatoms. The van der Waals surface area contributed by atoms with E-state index in [0.717, 1.165) is 17.7 Å².